The number of nitrogens with two attached hydrogens (primary N) is 1. The Morgan fingerprint density at radius 2 is 2.10 bits per heavy atom. The number of esters is 1. The summed E-state index contributed by atoms with van der Waals surface area (Å²) >= 11 is 6.77. The Bertz CT molecular complexity index is 1710. The average molecular weight is 627 g/mol. The Morgan fingerprint density at radius 3 is 2.74 bits per heavy atom. The van der Waals surface area contributed by atoms with E-state index in [9.17, 15) is 23.7 Å². The topological polar surface area (TPSA) is 168 Å². The van der Waals surface area contributed by atoms with Crippen molar-refractivity contribution in [2.75, 3.05) is 18.5 Å². The van der Waals surface area contributed by atoms with Gasteiger partial charge in [-0.1, -0.05) is 42.6 Å². The number of halogens is 2. The molecule has 4 N–H and O–H groups in total. The molecule has 6 atom stereocenters. The Hall–Kier alpha value is -3.40. The smallest absolute Gasteiger partial charge is 0.380 e. The second kappa shape index (κ2) is 12.5. The second-order valence-electron chi connectivity index (χ2n) is 9.82. The number of hydrogen-bond acceptors (Lipinski definition) is 10. The van der Waals surface area contributed by atoms with Crippen LogP contribution in [0.15, 0.2) is 41.3 Å². The number of nitrogens with zero attached hydrogens (tertiary/aromatic N) is 2. The Labute approximate surface area is 248 Å². The molecule has 0 aliphatic carbocycles. The third-order valence-corrected chi connectivity index (χ3v) is 8.50. The third-order valence-electron chi connectivity index (χ3n) is 6.12. The largest absolute Gasteiger partial charge is 0.463 e. The van der Waals surface area contributed by atoms with E-state index in [1.54, 1.807) is 32.0 Å². The van der Waals surface area contributed by atoms with Gasteiger partial charge in [0.05, 0.1) is 27.5 Å². The summed E-state index contributed by atoms with van der Waals surface area (Å²) in [6.07, 6.45) is -5.94. The molecule has 1 aromatic carbocycles. The fraction of sp³-hybridized carbons (Fsp3) is 0.444. The number of aromatic nitrogens is 3. The molecule has 0 saturated carbocycles. The Kier molecular flexibility index (Phi) is 8.51. The lowest BCUT2D eigenvalue weighted by Crippen LogP contribution is -2.41. The van der Waals surface area contributed by atoms with Crippen molar-refractivity contribution in [3.63, 3.8) is 0 Å². The van der Waals surface area contributed by atoms with Gasteiger partial charge in [-0.05, 0) is 32.9 Å². The molecule has 226 valence electrons. The number of hydrogen-bond donors (Lipinski definition) is 3. The highest BCUT2D eigenvalue weighted by atomic mass is 35.5. The first kappa shape index (κ1) is 28.7. The van der Waals surface area contributed by atoms with Crippen LogP contribution in [0.2, 0.25) is 0 Å². The zero-order chi connectivity index (χ0) is 32.6. The van der Waals surface area contributed by atoms with Gasteiger partial charge in [0.1, 0.15) is 23.3 Å². The number of nitrogen functional groups attached to an aromatic ring is 1. The van der Waals surface area contributed by atoms with Crippen molar-refractivity contribution >= 4 is 42.1 Å². The van der Waals surface area contributed by atoms with E-state index < -0.39 is 78.4 Å². The maximum Gasteiger partial charge on any atom is 0.380 e. The number of nitrogens with one attached hydrogen (secondary N) is 1. The van der Waals surface area contributed by atoms with Crippen LogP contribution >= 0.6 is 19.2 Å². The number of fused-ring (bicyclic) bond motifs is 1. The lowest BCUT2D eigenvalue weighted by Gasteiger charge is -2.26. The maximum atomic E-state index is 14.9. The number of anilines is 1. The van der Waals surface area contributed by atoms with Gasteiger partial charge in [-0.3, -0.25) is 23.7 Å². The van der Waals surface area contributed by atoms with E-state index in [0.29, 0.717) is 0 Å². The summed E-state index contributed by atoms with van der Waals surface area (Å²) in [5.74, 6) is 1.97. The highest BCUT2D eigenvalue weighted by Crippen LogP contribution is 2.52. The number of para-hydroxylation sites is 1. The summed E-state index contributed by atoms with van der Waals surface area (Å²) in [5.41, 5.74) is 4.44. The SMILES string of the molecule is [2H]C([2H])(O[P@@](=O)(C[C@@H](C)C(=O)OC(C)C)Oc1ccccc1)[C@H]1O[C@@H](n2cc(F)c3c(=O)[nH]c(N)nc32)C(Cl)(C#CC)[C@H]1O. The van der Waals surface area contributed by atoms with Crippen LogP contribution in [0.25, 0.3) is 11.0 Å². The predicted octanol–water partition coefficient (Wildman–Crippen LogP) is 3.58. The number of alkyl halides is 1. The van der Waals surface area contributed by atoms with Crippen molar-refractivity contribution in [2.45, 2.75) is 57.1 Å². The van der Waals surface area contributed by atoms with Gasteiger partial charge in [0.25, 0.3) is 5.56 Å². The van der Waals surface area contributed by atoms with E-state index in [4.69, 9.17) is 38.6 Å². The molecule has 0 amide bonds. The van der Waals surface area contributed by atoms with Gasteiger partial charge < -0.3 is 24.8 Å². The molecular weight excluding hydrogens is 594 g/mol. The minimum atomic E-state index is -4.58. The summed E-state index contributed by atoms with van der Waals surface area (Å²) < 4.78 is 69.7. The van der Waals surface area contributed by atoms with Crippen molar-refractivity contribution in [1.29, 1.82) is 0 Å². The van der Waals surface area contributed by atoms with Crippen LogP contribution in [-0.2, 0) is 23.4 Å². The molecule has 2 aromatic heterocycles. The van der Waals surface area contributed by atoms with Crippen molar-refractivity contribution in [1.82, 2.24) is 14.5 Å². The Morgan fingerprint density at radius 1 is 1.40 bits per heavy atom. The fourth-order valence-electron chi connectivity index (χ4n) is 4.30. The molecule has 0 bridgehead atoms. The van der Waals surface area contributed by atoms with Crippen LogP contribution < -0.4 is 15.8 Å². The molecule has 15 heteroatoms. The summed E-state index contributed by atoms with van der Waals surface area (Å²) in [5, 5.41) is 10.9. The van der Waals surface area contributed by atoms with Gasteiger partial charge in [0.2, 0.25) is 5.95 Å². The molecule has 12 nitrogen and oxygen atoms in total. The molecule has 42 heavy (non-hydrogen) atoms. The zero-order valence-corrected chi connectivity index (χ0v) is 24.7. The first-order valence-electron chi connectivity index (χ1n) is 13.8. The summed E-state index contributed by atoms with van der Waals surface area (Å²) in [7, 11) is -4.58. The summed E-state index contributed by atoms with van der Waals surface area (Å²) in [4.78, 5) is 28.9. The maximum absolute atomic E-state index is 14.9. The molecule has 0 spiro atoms. The number of aromatic amines is 1. The molecule has 1 fully saturated rings. The van der Waals surface area contributed by atoms with Crippen LogP contribution in [0.4, 0.5) is 10.3 Å². The first-order chi connectivity index (χ1) is 20.5. The number of benzene rings is 1. The molecule has 3 heterocycles. The van der Waals surface area contributed by atoms with E-state index >= 15 is 0 Å². The van der Waals surface area contributed by atoms with E-state index in [1.807, 2.05) is 0 Å². The average Bonchev–Trinajstić information content (AvgIpc) is 3.37. The molecule has 1 aliphatic heterocycles. The number of carbonyl (C=O) groups is 1. The van der Waals surface area contributed by atoms with E-state index in [2.05, 4.69) is 21.8 Å². The summed E-state index contributed by atoms with van der Waals surface area (Å²) in [6, 6.07) is 7.73. The van der Waals surface area contributed by atoms with Gasteiger partial charge in [0, 0.05) is 6.20 Å². The van der Waals surface area contributed by atoms with Gasteiger partial charge >= 0.3 is 13.6 Å². The Balaban J connectivity index is 1.74. The van der Waals surface area contributed by atoms with E-state index in [1.165, 1.54) is 26.0 Å². The van der Waals surface area contributed by atoms with Crippen LogP contribution in [0.3, 0.4) is 0 Å². The van der Waals surface area contributed by atoms with Gasteiger partial charge in [-0.15, -0.1) is 5.92 Å². The lowest BCUT2D eigenvalue weighted by atomic mass is 9.99. The summed E-state index contributed by atoms with van der Waals surface area (Å²) in [6.45, 7) is 2.94. The number of carbonyl (C=O) groups excluding carboxylic acids is 1. The van der Waals surface area contributed by atoms with Crippen molar-refractivity contribution in [3.05, 3.63) is 52.7 Å². The highest BCUT2D eigenvalue weighted by molar-refractivity contribution is 7.54. The van der Waals surface area contributed by atoms with Crippen molar-refractivity contribution in [2.24, 2.45) is 5.92 Å². The molecule has 0 radical (unpaired) electrons. The van der Waals surface area contributed by atoms with E-state index in [-0.39, 0.29) is 17.3 Å². The van der Waals surface area contributed by atoms with Gasteiger partial charge in [0.15, 0.2) is 22.6 Å². The lowest BCUT2D eigenvalue weighted by molar-refractivity contribution is -0.151. The van der Waals surface area contributed by atoms with Gasteiger partial charge in [-0.2, -0.15) is 4.98 Å². The molecule has 1 unspecified atom stereocenters. The number of aliphatic hydroxyl groups is 1. The number of aliphatic hydroxyl groups excluding tert-OH is 1. The quantitative estimate of drug-likeness (QED) is 0.131. The van der Waals surface area contributed by atoms with Crippen molar-refractivity contribution < 1.29 is 40.1 Å². The number of ether oxygens (including phenoxy) is 2. The molecule has 1 aliphatic rings. The normalized spacial score (nSPS) is 25.2. The van der Waals surface area contributed by atoms with Crippen LogP contribution in [-0.4, -0.2) is 61.5 Å². The minimum Gasteiger partial charge on any atom is -0.463 e. The highest BCUT2D eigenvalue weighted by Gasteiger charge is 2.56. The van der Waals surface area contributed by atoms with E-state index in [0.717, 1.165) is 10.8 Å². The molecule has 4 rings (SSSR count). The monoisotopic (exact) mass is 626 g/mol. The van der Waals surface area contributed by atoms with Crippen LogP contribution in [0, 0.1) is 23.6 Å². The van der Waals surface area contributed by atoms with Crippen molar-refractivity contribution in [3.8, 4) is 17.6 Å². The minimum absolute atomic E-state index is 0.0496. The number of rotatable bonds is 10. The third kappa shape index (κ3) is 6.48. The fourth-order valence-corrected chi connectivity index (χ4v) is 6.38. The van der Waals surface area contributed by atoms with Crippen LogP contribution in [0.1, 0.15) is 36.7 Å². The number of H-pyrrole nitrogens is 1. The zero-order valence-electron chi connectivity index (χ0n) is 25.0. The van der Waals surface area contributed by atoms with Gasteiger partial charge in [-0.25, -0.2) is 8.96 Å². The molecular formula is C27H31ClFN4O8P. The molecule has 3 aromatic rings. The predicted molar refractivity (Wildman–Crippen MR) is 153 cm³/mol. The standard InChI is InChI=1S/C27H31ClFN4O8P/c1-5-11-27(28)21(34)19(40-25(27)33-12-18(29)20-22(33)31-26(30)32-23(20)35)13-38-42(37,41-17-9-7-6-8-10-17)14-16(4)24(36)39-15(2)3/h6-10,12,15-16,19,21,25,34H,13-14H2,1-4H3,(H3,30,31,32,35)/t16-,19-,21+,25-,27?,42+/m1/s1/i13D2. The van der Waals surface area contributed by atoms with Crippen LogP contribution in [0.5, 0.6) is 5.75 Å². The molecule has 1 saturated heterocycles. The second-order valence-corrected chi connectivity index (χ2v) is 12.4. The first-order valence-corrected chi connectivity index (χ1v) is 14.9.